The zero-order valence-corrected chi connectivity index (χ0v) is 19.4. The zero-order chi connectivity index (χ0) is 23.9. The molecule has 0 atom stereocenters. The molecule has 0 N–H and O–H groups in total. The summed E-state index contributed by atoms with van der Waals surface area (Å²) in [4.78, 5) is 9.46. The Morgan fingerprint density at radius 2 is 1.42 bits per heavy atom. The van der Waals surface area contributed by atoms with Crippen molar-refractivity contribution in [2.24, 2.45) is 0 Å². The molecule has 0 fully saturated rings. The summed E-state index contributed by atoms with van der Waals surface area (Å²) in [6.07, 6.45) is 1.82. The number of benzene rings is 4. The molecule has 36 heavy (non-hydrogen) atoms. The molecule has 4 heteroatoms. The second kappa shape index (κ2) is 8.36. The van der Waals surface area contributed by atoms with Crippen molar-refractivity contribution in [2.45, 2.75) is 0 Å². The second-order valence-electron chi connectivity index (χ2n) is 8.74. The van der Waals surface area contributed by atoms with Crippen molar-refractivity contribution in [3.05, 3.63) is 128 Å². The maximum atomic E-state index is 6.36. The molecule has 4 nitrogen and oxygen atoms in total. The summed E-state index contributed by atoms with van der Waals surface area (Å²) in [6.45, 7) is 0. The zero-order valence-electron chi connectivity index (χ0n) is 19.4. The van der Waals surface area contributed by atoms with E-state index in [4.69, 9.17) is 9.72 Å². The van der Waals surface area contributed by atoms with Crippen molar-refractivity contribution in [3.8, 4) is 28.6 Å². The van der Waals surface area contributed by atoms with Crippen molar-refractivity contribution in [1.82, 2.24) is 14.5 Å². The second-order valence-corrected chi connectivity index (χ2v) is 8.74. The van der Waals surface area contributed by atoms with Gasteiger partial charge in [-0.2, -0.15) is 0 Å². The van der Waals surface area contributed by atoms with Gasteiger partial charge in [-0.05, 0) is 54.6 Å². The Morgan fingerprint density at radius 3 is 2.36 bits per heavy atom. The van der Waals surface area contributed by atoms with E-state index in [1.54, 1.807) is 0 Å². The lowest BCUT2D eigenvalue weighted by Crippen LogP contribution is -1.96. The normalized spacial score (nSPS) is 11.3. The minimum absolute atomic E-state index is 0.766. The summed E-state index contributed by atoms with van der Waals surface area (Å²) < 4.78 is 8.55. The molecule has 0 unspecified atom stereocenters. The van der Waals surface area contributed by atoms with Crippen molar-refractivity contribution in [2.75, 3.05) is 0 Å². The van der Waals surface area contributed by atoms with E-state index in [2.05, 4.69) is 70.2 Å². The van der Waals surface area contributed by atoms with Gasteiger partial charge in [0.25, 0.3) is 0 Å². The standard InChI is InChI=1S/C32H21N3O/c1-3-12-28-22(8-1)15-18-29(34-28)23-9-7-10-24(20-23)36-25-16-17-27-26-11-2-4-13-30(26)35(31(27)21-25)32-14-5-6-19-33-32/h1-21H. The minimum Gasteiger partial charge on any atom is -0.457 e. The van der Waals surface area contributed by atoms with Crippen LogP contribution in [0.15, 0.2) is 128 Å². The molecule has 170 valence electrons. The van der Waals surface area contributed by atoms with Crippen molar-refractivity contribution in [1.29, 1.82) is 0 Å². The van der Waals surface area contributed by atoms with Gasteiger partial charge in [0.1, 0.15) is 17.3 Å². The fourth-order valence-electron chi connectivity index (χ4n) is 4.83. The molecule has 4 aromatic carbocycles. The van der Waals surface area contributed by atoms with Crippen LogP contribution in [0.25, 0.3) is 49.8 Å². The number of hydrogen-bond acceptors (Lipinski definition) is 3. The number of pyridine rings is 2. The van der Waals surface area contributed by atoms with Crippen LogP contribution >= 0.6 is 0 Å². The quantitative estimate of drug-likeness (QED) is 0.264. The molecule has 0 radical (unpaired) electrons. The van der Waals surface area contributed by atoms with E-state index in [-0.39, 0.29) is 0 Å². The Bertz CT molecular complexity index is 1870. The summed E-state index contributed by atoms with van der Waals surface area (Å²) in [7, 11) is 0. The van der Waals surface area contributed by atoms with E-state index in [1.165, 1.54) is 5.39 Å². The topological polar surface area (TPSA) is 39.9 Å². The van der Waals surface area contributed by atoms with E-state index >= 15 is 0 Å². The smallest absolute Gasteiger partial charge is 0.137 e. The van der Waals surface area contributed by atoms with Gasteiger partial charge in [-0.1, -0.05) is 60.7 Å². The molecule has 0 aliphatic carbocycles. The SMILES string of the molecule is c1ccc(-n2c3ccccc3c3ccc(Oc4cccc(-c5ccc6ccccc6n5)c4)cc32)nc1. The average Bonchev–Trinajstić information content (AvgIpc) is 3.27. The van der Waals surface area contributed by atoms with Gasteiger partial charge in [-0.3, -0.25) is 4.57 Å². The summed E-state index contributed by atoms with van der Waals surface area (Å²) in [5.74, 6) is 2.42. The molecule has 3 aromatic heterocycles. The molecule has 7 aromatic rings. The highest BCUT2D eigenvalue weighted by Crippen LogP contribution is 2.35. The van der Waals surface area contributed by atoms with E-state index in [1.807, 2.05) is 66.9 Å². The van der Waals surface area contributed by atoms with E-state index in [0.717, 1.165) is 55.9 Å². The Kier molecular flexibility index (Phi) is 4.74. The van der Waals surface area contributed by atoms with Crippen LogP contribution in [0.2, 0.25) is 0 Å². The van der Waals surface area contributed by atoms with Gasteiger partial charge in [0.2, 0.25) is 0 Å². The van der Waals surface area contributed by atoms with Crippen LogP contribution in [0, 0.1) is 0 Å². The first kappa shape index (κ1) is 20.4. The third-order valence-electron chi connectivity index (χ3n) is 6.49. The number of fused-ring (bicyclic) bond motifs is 4. The van der Waals surface area contributed by atoms with Gasteiger partial charge in [-0.25, -0.2) is 9.97 Å². The van der Waals surface area contributed by atoms with Gasteiger partial charge in [0, 0.05) is 34.0 Å². The molecule has 0 spiro atoms. The molecule has 3 heterocycles. The number of ether oxygens (including phenoxy) is 1. The molecule has 0 aliphatic rings. The summed E-state index contributed by atoms with van der Waals surface area (Å²) >= 11 is 0. The number of para-hydroxylation sites is 2. The minimum atomic E-state index is 0.766. The molecule has 7 rings (SSSR count). The van der Waals surface area contributed by atoms with E-state index in [0.29, 0.717) is 0 Å². The van der Waals surface area contributed by atoms with Crippen LogP contribution in [-0.2, 0) is 0 Å². The van der Waals surface area contributed by atoms with E-state index < -0.39 is 0 Å². The number of hydrogen-bond donors (Lipinski definition) is 0. The van der Waals surface area contributed by atoms with Crippen LogP contribution in [-0.4, -0.2) is 14.5 Å². The Balaban J connectivity index is 1.30. The summed E-state index contributed by atoms with van der Waals surface area (Å²) in [5, 5.41) is 3.48. The van der Waals surface area contributed by atoms with Crippen LogP contribution in [0.4, 0.5) is 0 Å². The monoisotopic (exact) mass is 463 g/mol. The first-order chi connectivity index (χ1) is 17.8. The molecule has 0 saturated heterocycles. The molecule has 0 saturated carbocycles. The van der Waals surface area contributed by atoms with Crippen LogP contribution in [0.1, 0.15) is 0 Å². The van der Waals surface area contributed by atoms with Crippen LogP contribution in [0.5, 0.6) is 11.5 Å². The van der Waals surface area contributed by atoms with Crippen molar-refractivity contribution < 1.29 is 4.74 Å². The van der Waals surface area contributed by atoms with Crippen molar-refractivity contribution in [3.63, 3.8) is 0 Å². The third kappa shape index (κ3) is 3.48. The predicted octanol–water partition coefficient (Wildman–Crippen LogP) is 8.19. The Morgan fingerprint density at radius 1 is 0.583 bits per heavy atom. The predicted molar refractivity (Wildman–Crippen MR) is 146 cm³/mol. The molecule has 0 bridgehead atoms. The lowest BCUT2D eigenvalue weighted by molar-refractivity contribution is 0.483. The molecule has 0 amide bonds. The fraction of sp³-hybridized carbons (Fsp3) is 0. The van der Waals surface area contributed by atoms with Gasteiger partial charge < -0.3 is 4.74 Å². The lowest BCUT2D eigenvalue weighted by Gasteiger charge is -2.10. The molecular formula is C32H21N3O. The highest BCUT2D eigenvalue weighted by Gasteiger charge is 2.14. The molecular weight excluding hydrogens is 442 g/mol. The van der Waals surface area contributed by atoms with Gasteiger partial charge >= 0.3 is 0 Å². The lowest BCUT2D eigenvalue weighted by atomic mass is 10.1. The fourth-order valence-corrected chi connectivity index (χ4v) is 4.83. The maximum absolute atomic E-state index is 6.36. The maximum Gasteiger partial charge on any atom is 0.137 e. The number of nitrogens with zero attached hydrogens (tertiary/aromatic N) is 3. The first-order valence-electron chi connectivity index (χ1n) is 11.9. The summed E-state index contributed by atoms with van der Waals surface area (Å²) in [6, 6.07) is 41.0. The van der Waals surface area contributed by atoms with Crippen LogP contribution < -0.4 is 4.74 Å². The third-order valence-corrected chi connectivity index (χ3v) is 6.49. The number of aromatic nitrogens is 3. The number of rotatable bonds is 4. The summed E-state index contributed by atoms with van der Waals surface area (Å²) in [5.41, 5.74) is 5.09. The Labute approximate surface area is 208 Å². The molecule has 0 aliphatic heterocycles. The Hall–Kier alpha value is -4.96. The highest BCUT2D eigenvalue weighted by molar-refractivity contribution is 6.09. The highest BCUT2D eigenvalue weighted by atomic mass is 16.5. The van der Waals surface area contributed by atoms with Gasteiger partial charge in [0.05, 0.1) is 22.2 Å². The van der Waals surface area contributed by atoms with E-state index in [9.17, 15) is 0 Å². The van der Waals surface area contributed by atoms with Gasteiger partial charge in [0.15, 0.2) is 0 Å². The average molecular weight is 464 g/mol. The van der Waals surface area contributed by atoms with Crippen molar-refractivity contribution >= 4 is 32.7 Å². The first-order valence-corrected chi connectivity index (χ1v) is 11.9. The largest absolute Gasteiger partial charge is 0.457 e. The van der Waals surface area contributed by atoms with Crippen LogP contribution in [0.3, 0.4) is 0 Å². The van der Waals surface area contributed by atoms with Gasteiger partial charge in [-0.15, -0.1) is 0 Å².